The van der Waals surface area contributed by atoms with Crippen LogP contribution in [0.25, 0.3) is 0 Å². The first-order chi connectivity index (χ1) is 13.2. The maximum Gasteiger partial charge on any atom is 0.462 e. The van der Waals surface area contributed by atoms with E-state index < -0.39 is 0 Å². The molecule has 1 aromatic carbocycles. The minimum Gasteiger partial charge on any atom is -1.00 e. The highest BCUT2D eigenvalue weighted by Crippen LogP contribution is 2.66. The van der Waals surface area contributed by atoms with E-state index in [1.165, 1.54) is 6.42 Å². The molecule has 0 aromatic heterocycles. The van der Waals surface area contributed by atoms with E-state index in [2.05, 4.69) is 38.7 Å². The minimum absolute atomic E-state index is 0. The monoisotopic (exact) mass is 420 g/mol. The number of amides is 1. The zero-order chi connectivity index (χ0) is 20.1. The average molecular weight is 421 g/mol. The highest BCUT2D eigenvalue weighted by Gasteiger charge is 2.68. The topological polar surface area (TPSA) is 75.2 Å². The van der Waals surface area contributed by atoms with E-state index >= 15 is 0 Å². The van der Waals surface area contributed by atoms with E-state index in [1.807, 2.05) is 30.3 Å². The molecule has 4 N–H and O–H groups in total. The fraction of sp³-hybridized carbons (Fsp3) is 0.682. The van der Waals surface area contributed by atoms with Crippen molar-refractivity contribution in [2.75, 3.05) is 6.54 Å². The number of hydrogen-bond acceptors (Lipinski definition) is 3. The Morgan fingerprint density at radius 3 is 2.62 bits per heavy atom. The molecule has 1 saturated heterocycles. The summed E-state index contributed by atoms with van der Waals surface area (Å²) in [4.78, 5) is 12.5. The highest BCUT2D eigenvalue weighted by atomic mass is 35.5. The van der Waals surface area contributed by atoms with Gasteiger partial charge in [-0.2, -0.15) is 0 Å². The van der Waals surface area contributed by atoms with Crippen molar-refractivity contribution in [1.82, 2.24) is 5.32 Å². The summed E-state index contributed by atoms with van der Waals surface area (Å²) in [5.74, 6) is 1.40. The van der Waals surface area contributed by atoms with Gasteiger partial charge < -0.3 is 32.8 Å². The summed E-state index contributed by atoms with van der Waals surface area (Å²) in [7, 11) is -0.247. The van der Waals surface area contributed by atoms with Crippen LogP contribution >= 0.6 is 0 Å². The van der Waals surface area contributed by atoms with E-state index in [-0.39, 0.29) is 49.0 Å². The second-order valence-electron chi connectivity index (χ2n) is 9.95. The fourth-order valence-corrected chi connectivity index (χ4v) is 5.64. The number of halogens is 1. The van der Waals surface area contributed by atoms with Crippen LogP contribution in [0.4, 0.5) is 0 Å². The van der Waals surface area contributed by atoms with Crippen LogP contribution in [0.5, 0.6) is 0 Å². The molecule has 7 heteroatoms. The van der Waals surface area contributed by atoms with Gasteiger partial charge in [-0.05, 0) is 42.6 Å². The van der Waals surface area contributed by atoms with Gasteiger partial charge in [-0.1, -0.05) is 51.1 Å². The number of quaternary nitrogens is 1. The number of rotatable bonds is 6. The minimum atomic E-state index is -0.298. The van der Waals surface area contributed by atoms with Crippen molar-refractivity contribution in [3.8, 4) is 0 Å². The maximum absolute atomic E-state index is 12.5. The summed E-state index contributed by atoms with van der Waals surface area (Å²) < 4.78 is 12.8. The highest BCUT2D eigenvalue weighted by molar-refractivity contribution is 6.47. The second kappa shape index (κ2) is 8.22. The Balaban J connectivity index is 0.00000240. The van der Waals surface area contributed by atoms with Crippen LogP contribution in [-0.2, 0) is 20.5 Å². The van der Waals surface area contributed by atoms with Crippen LogP contribution < -0.4 is 23.5 Å². The van der Waals surface area contributed by atoms with Gasteiger partial charge in [-0.15, -0.1) is 0 Å². The molecule has 0 spiro atoms. The molecular formula is C22H34BClN2O3. The summed E-state index contributed by atoms with van der Waals surface area (Å²) in [5, 5.41) is 3.05. The van der Waals surface area contributed by atoms with Gasteiger partial charge in [0.15, 0.2) is 6.04 Å². The van der Waals surface area contributed by atoms with E-state index in [9.17, 15) is 4.79 Å². The normalized spacial score (nSPS) is 33.7. The molecule has 4 aliphatic rings. The zero-order valence-corrected chi connectivity index (χ0v) is 18.7. The third-order valence-electron chi connectivity index (χ3n) is 7.73. The Morgan fingerprint density at radius 2 is 1.97 bits per heavy atom. The van der Waals surface area contributed by atoms with Crippen molar-refractivity contribution < 1.29 is 32.2 Å². The van der Waals surface area contributed by atoms with E-state index in [0.29, 0.717) is 24.3 Å². The number of carbonyl (C=O) groups is 1. The van der Waals surface area contributed by atoms with Crippen molar-refractivity contribution >= 4 is 13.0 Å². The Kier molecular flexibility index (Phi) is 6.41. The molecule has 0 radical (unpaired) electrons. The number of hydrogen-bond donors (Lipinski definition) is 2. The van der Waals surface area contributed by atoms with E-state index in [0.717, 1.165) is 17.9 Å². The molecule has 160 valence electrons. The van der Waals surface area contributed by atoms with Crippen molar-refractivity contribution in [3.05, 3.63) is 35.9 Å². The molecule has 4 fully saturated rings. The average Bonchev–Trinajstić information content (AvgIpc) is 3.03. The van der Waals surface area contributed by atoms with E-state index in [4.69, 9.17) is 9.31 Å². The van der Waals surface area contributed by atoms with Gasteiger partial charge in [0, 0.05) is 18.8 Å². The number of nitrogens with one attached hydrogen (secondary N) is 1. The predicted molar refractivity (Wildman–Crippen MR) is 109 cm³/mol. The molecule has 1 amide bonds. The van der Waals surface area contributed by atoms with Crippen LogP contribution in [0.1, 0.15) is 46.1 Å². The lowest BCUT2D eigenvalue weighted by Gasteiger charge is -2.64. The van der Waals surface area contributed by atoms with Crippen molar-refractivity contribution in [1.29, 1.82) is 0 Å². The van der Waals surface area contributed by atoms with Crippen LogP contribution in [0.2, 0.25) is 5.82 Å². The standard InChI is InChI=1S/C22H33BN2O3.ClH/c1-14(13-25-20(26)17(24)10-15-8-6-5-7-9-15)23-27-19-12-16-11-18(21(16,2)3)22(19,4)28-23;/h5-9,14,16-19H,10-13,24H2,1-4H3,(H,25,26);1H/t14?,16-,17+,18-,19+,22-;/m1./s1. The van der Waals surface area contributed by atoms with Crippen LogP contribution in [0.15, 0.2) is 30.3 Å². The summed E-state index contributed by atoms with van der Waals surface area (Å²) in [6, 6.07) is 9.72. The van der Waals surface area contributed by atoms with E-state index in [1.54, 1.807) is 0 Å². The summed E-state index contributed by atoms with van der Waals surface area (Å²) in [5.41, 5.74) is 5.32. The molecule has 3 saturated carbocycles. The quantitative estimate of drug-likeness (QED) is 0.584. The third-order valence-corrected chi connectivity index (χ3v) is 7.73. The van der Waals surface area contributed by atoms with Gasteiger partial charge >= 0.3 is 7.12 Å². The summed E-state index contributed by atoms with van der Waals surface area (Å²) in [6.45, 7) is 9.61. The molecule has 6 atom stereocenters. The first-order valence-corrected chi connectivity index (χ1v) is 10.7. The Morgan fingerprint density at radius 1 is 1.28 bits per heavy atom. The van der Waals surface area contributed by atoms with Crippen molar-refractivity contribution in [2.45, 2.75) is 70.5 Å². The lowest BCUT2D eigenvalue weighted by molar-refractivity contribution is -0.403. The lowest BCUT2D eigenvalue weighted by Crippen LogP contribution is -3.00. The smallest absolute Gasteiger partial charge is 0.462 e. The van der Waals surface area contributed by atoms with Gasteiger partial charge in [-0.25, -0.2) is 0 Å². The van der Waals surface area contributed by atoms with Crippen molar-refractivity contribution in [2.24, 2.45) is 17.3 Å². The van der Waals surface area contributed by atoms with Crippen molar-refractivity contribution in [3.63, 3.8) is 0 Å². The Labute approximate surface area is 181 Å². The van der Waals surface area contributed by atoms with Gasteiger partial charge in [-0.3, -0.25) is 4.79 Å². The zero-order valence-electron chi connectivity index (χ0n) is 18.0. The first kappa shape index (κ1) is 22.6. The van der Waals surface area contributed by atoms with Gasteiger partial charge in [0.2, 0.25) is 0 Å². The number of carbonyl (C=O) groups excluding carboxylic acids is 1. The lowest BCUT2D eigenvalue weighted by atomic mass is 9.43. The van der Waals surface area contributed by atoms with Crippen LogP contribution in [0.3, 0.4) is 0 Å². The summed E-state index contributed by atoms with van der Waals surface area (Å²) >= 11 is 0. The first-order valence-electron chi connectivity index (χ1n) is 10.7. The third kappa shape index (κ3) is 3.97. The molecule has 1 aliphatic heterocycles. The summed E-state index contributed by atoms with van der Waals surface area (Å²) in [6.07, 6.45) is 3.18. The molecule has 1 heterocycles. The molecule has 1 aromatic rings. The number of benzene rings is 1. The molecular weight excluding hydrogens is 387 g/mol. The molecule has 5 nitrogen and oxygen atoms in total. The Hall–Kier alpha value is -1.08. The largest absolute Gasteiger partial charge is 1.00 e. The Bertz CT molecular complexity index is 734. The van der Waals surface area contributed by atoms with Gasteiger partial charge in [0.1, 0.15) is 0 Å². The molecule has 1 unspecified atom stereocenters. The molecule has 3 aliphatic carbocycles. The van der Waals surface area contributed by atoms with Crippen LogP contribution in [-0.4, -0.2) is 37.3 Å². The predicted octanol–water partition coefficient (Wildman–Crippen LogP) is -0.922. The molecule has 2 bridgehead atoms. The van der Waals surface area contributed by atoms with Gasteiger partial charge in [0.05, 0.1) is 11.7 Å². The maximum atomic E-state index is 12.5. The second-order valence-corrected chi connectivity index (χ2v) is 9.95. The SMILES string of the molecule is CC(CNC(=O)[C@@H]([NH3+])Cc1ccccc1)B1O[C@H]2C[C@H]3C[C@H](C3(C)C)[C@@]2(C)O1.[Cl-]. The van der Waals surface area contributed by atoms with Gasteiger partial charge in [0.25, 0.3) is 5.91 Å². The fourth-order valence-electron chi connectivity index (χ4n) is 5.64. The van der Waals surface area contributed by atoms with Crippen LogP contribution in [0, 0.1) is 17.3 Å². The molecule has 5 rings (SSSR count). The molecule has 29 heavy (non-hydrogen) atoms.